The van der Waals surface area contributed by atoms with E-state index in [0.29, 0.717) is 5.69 Å². The number of pyridine rings is 2. The predicted octanol–water partition coefficient (Wildman–Crippen LogP) is 4.66. The number of nitrogens with two attached hydrogens (primary N) is 1. The molecule has 3 heterocycles. The average molecular weight is 412 g/mol. The third-order valence-corrected chi connectivity index (χ3v) is 5.06. The Balaban J connectivity index is 1.76. The maximum atomic E-state index is 11.1. The number of aryl methyl sites for hydroxylation is 1. The van der Waals surface area contributed by atoms with E-state index in [9.17, 15) is 4.79 Å². The van der Waals surface area contributed by atoms with Crippen molar-refractivity contribution in [1.29, 1.82) is 0 Å². The van der Waals surface area contributed by atoms with E-state index in [2.05, 4.69) is 35.9 Å². The Morgan fingerprint density at radius 3 is 2.45 bits per heavy atom. The molecule has 6 nitrogen and oxygen atoms in total. The highest BCUT2D eigenvalue weighted by atomic mass is 16.1. The van der Waals surface area contributed by atoms with Crippen molar-refractivity contribution in [2.24, 2.45) is 5.73 Å². The minimum atomic E-state index is -0.390. The maximum Gasteiger partial charge on any atom is 0.223 e. The Morgan fingerprint density at radius 2 is 1.77 bits per heavy atom. The van der Waals surface area contributed by atoms with Crippen LogP contribution in [0.2, 0.25) is 0 Å². The molecular formula is C25H25N5O. The van der Waals surface area contributed by atoms with Gasteiger partial charge in [-0.15, -0.1) is 0 Å². The van der Waals surface area contributed by atoms with Crippen molar-refractivity contribution in [2.75, 3.05) is 0 Å². The molecule has 0 aliphatic rings. The zero-order chi connectivity index (χ0) is 22.0. The van der Waals surface area contributed by atoms with Crippen LogP contribution >= 0.6 is 0 Å². The molecule has 0 aliphatic carbocycles. The van der Waals surface area contributed by atoms with Gasteiger partial charge in [-0.1, -0.05) is 44.2 Å². The second-order valence-corrected chi connectivity index (χ2v) is 7.93. The maximum absolute atomic E-state index is 11.1. The van der Waals surface area contributed by atoms with E-state index in [1.165, 1.54) is 0 Å². The average Bonchev–Trinajstić information content (AvgIpc) is 3.20. The van der Waals surface area contributed by atoms with Gasteiger partial charge in [-0.25, -0.2) is 4.98 Å². The van der Waals surface area contributed by atoms with Crippen LogP contribution < -0.4 is 5.73 Å². The summed E-state index contributed by atoms with van der Waals surface area (Å²) in [5.41, 5.74) is 12.5. The molecular weight excluding hydrogens is 386 g/mol. The van der Waals surface area contributed by atoms with Crippen molar-refractivity contribution in [3.8, 4) is 33.8 Å². The van der Waals surface area contributed by atoms with Crippen molar-refractivity contribution in [3.05, 3.63) is 78.0 Å². The second kappa shape index (κ2) is 8.52. The van der Waals surface area contributed by atoms with E-state index in [-0.39, 0.29) is 18.2 Å². The number of primary amides is 1. The molecule has 0 fully saturated rings. The Hall–Kier alpha value is -3.80. The molecule has 0 spiro atoms. The van der Waals surface area contributed by atoms with Gasteiger partial charge in [0.1, 0.15) is 5.82 Å². The van der Waals surface area contributed by atoms with Gasteiger partial charge in [0.2, 0.25) is 5.91 Å². The lowest BCUT2D eigenvalue weighted by atomic mass is 10.0. The van der Waals surface area contributed by atoms with E-state index in [1.54, 1.807) is 6.20 Å². The number of imidazole rings is 1. The molecule has 0 unspecified atom stereocenters. The van der Waals surface area contributed by atoms with Crippen LogP contribution in [-0.4, -0.2) is 25.8 Å². The third kappa shape index (κ3) is 4.53. The highest BCUT2D eigenvalue weighted by molar-refractivity contribution is 5.80. The number of H-pyrrole nitrogens is 1. The molecule has 4 aromatic rings. The fraction of sp³-hybridized carbons (Fsp3) is 0.200. The molecule has 3 N–H and O–H groups in total. The normalized spacial score (nSPS) is 11.1. The summed E-state index contributed by atoms with van der Waals surface area (Å²) >= 11 is 0. The first-order valence-electron chi connectivity index (χ1n) is 10.3. The molecule has 3 aromatic heterocycles. The number of carbonyl (C=O) groups excluding carboxylic acids is 1. The second-order valence-electron chi connectivity index (χ2n) is 7.93. The molecule has 0 radical (unpaired) electrons. The van der Waals surface area contributed by atoms with E-state index in [4.69, 9.17) is 15.7 Å². The van der Waals surface area contributed by atoms with E-state index < -0.39 is 0 Å². The zero-order valence-electron chi connectivity index (χ0n) is 17.9. The smallest absolute Gasteiger partial charge is 0.223 e. The lowest BCUT2D eigenvalue weighted by Gasteiger charge is -2.07. The Morgan fingerprint density at radius 1 is 1.00 bits per heavy atom. The lowest BCUT2D eigenvalue weighted by molar-refractivity contribution is -0.117. The van der Waals surface area contributed by atoms with Crippen molar-refractivity contribution >= 4 is 5.91 Å². The predicted molar refractivity (Wildman–Crippen MR) is 122 cm³/mol. The fourth-order valence-corrected chi connectivity index (χ4v) is 3.47. The number of hydrogen-bond donors (Lipinski definition) is 2. The molecule has 1 aromatic carbocycles. The lowest BCUT2D eigenvalue weighted by Crippen LogP contribution is -2.14. The van der Waals surface area contributed by atoms with Gasteiger partial charge in [-0.2, -0.15) is 0 Å². The number of benzene rings is 1. The van der Waals surface area contributed by atoms with Gasteiger partial charge in [0, 0.05) is 34.6 Å². The summed E-state index contributed by atoms with van der Waals surface area (Å²) in [5.74, 6) is 0.803. The van der Waals surface area contributed by atoms with Crippen LogP contribution in [0.5, 0.6) is 0 Å². The van der Waals surface area contributed by atoms with Gasteiger partial charge in [-0.05, 0) is 36.8 Å². The molecule has 0 saturated heterocycles. The first kappa shape index (κ1) is 20.5. The van der Waals surface area contributed by atoms with Crippen LogP contribution in [0.1, 0.15) is 37.0 Å². The molecule has 6 heteroatoms. The minimum Gasteiger partial charge on any atom is -0.369 e. The highest BCUT2D eigenvalue weighted by Gasteiger charge is 2.17. The Bertz CT molecular complexity index is 1220. The van der Waals surface area contributed by atoms with E-state index in [0.717, 1.165) is 45.3 Å². The van der Waals surface area contributed by atoms with Gasteiger partial charge < -0.3 is 10.7 Å². The van der Waals surface area contributed by atoms with Crippen LogP contribution in [-0.2, 0) is 11.2 Å². The molecule has 31 heavy (non-hydrogen) atoms. The summed E-state index contributed by atoms with van der Waals surface area (Å²) in [6, 6.07) is 18.0. The number of carbonyl (C=O) groups is 1. The monoisotopic (exact) mass is 411 g/mol. The van der Waals surface area contributed by atoms with Gasteiger partial charge in [0.15, 0.2) is 0 Å². The summed E-state index contributed by atoms with van der Waals surface area (Å²) in [4.78, 5) is 28.6. The SMILES string of the molecule is Cc1cccc(-c2[nH]c(C(C)C)nc2-c2cccc(-c3ccc(CC(N)=O)nc3)c2)n1. The summed E-state index contributed by atoms with van der Waals surface area (Å²) in [6.07, 6.45) is 1.91. The fourth-order valence-electron chi connectivity index (χ4n) is 3.47. The van der Waals surface area contributed by atoms with Gasteiger partial charge in [-0.3, -0.25) is 14.8 Å². The van der Waals surface area contributed by atoms with Crippen molar-refractivity contribution in [2.45, 2.75) is 33.1 Å². The van der Waals surface area contributed by atoms with Crippen LogP contribution in [0, 0.1) is 6.92 Å². The summed E-state index contributed by atoms with van der Waals surface area (Å²) in [5, 5.41) is 0. The van der Waals surface area contributed by atoms with Gasteiger partial charge >= 0.3 is 0 Å². The molecule has 1 amide bonds. The Kier molecular flexibility index (Phi) is 5.62. The van der Waals surface area contributed by atoms with Crippen LogP contribution in [0.4, 0.5) is 0 Å². The number of nitrogens with zero attached hydrogens (tertiary/aromatic N) is 3. The first-order chi connectivity index (χ1) is 14.9. The molecule has 156 valence electrons. The molecule has 0 saturated carbocycles. The Labute approximate surface area is 181 Å². The van der Waals surface area contributed by atoms with Crippen molar-refractivity contribution in [1.82, 2.24) is 19.9 Å². The highest BCUT2D eigenvalue weighted by Crippen LogP contribution is 2.33. The van der Waals surface area contributed by atoms with Gasteiger partial charge in [0.05, 0.1) is 23.5 Å². The van der Waals surface area contributed by atoms with Crippen molar-refractivity contribution in [3.63, 3.8) is 0 Å². The zero-order valence-corrected chi connectivity index (χ0v) is 17.9. The van der Waals surface area contributed by atoms with E-state index in [1.807, 2.05) is 49.4 Å². The number of amides is 1. The van der Waals surface area contributed by atoms with Crippen LogP contribution in [0.15, 0.2) is 60.8 Å². The van der Waals surface area contributed by atoms with Crippen molar-refractivity contribution < 1.29 is 4.79 Å². The largest absolute Gasteiger partial charge is 0.369 e. The number of rotatable bonds is 6. The topological polar surface area (TPSA) is 97.6 Å². The third-order valence-electron chi connectivity index (χ3n) is 5.06. The minimum absolute atomic E-state index is 0.137. The number of aromatic nitrogens is 4. The molecule has 0 aliphatic heterocycles. The van der Waals surface area contributed by atoms with Crippen LogP contribution in [0.25, 0.3) is 33.8 Å². The summed E-state index contributed by atoms with van der Waals surface area (Å²) < 4.78 is 0. The van der Waals surface area contributed by atoms with Gasteiger partial charge in [0.25, 0.3) is 0 Å². The van der Waals surface area contributed by atoms with Crippen LogP contribution in [0.3, 0.4) is 0 Å². The van der Waals surface area contributed by atoms with E-state index >= 15 is 0 Å². The quantitative estimate of drug-likeness (QED) is 0.482. The number of hydrogen-bond acceptors (Lipinski definition) is 4. The number of aromatic amines is 1. The standard InChI is InChI=1S/C25H25N5O/c1-15(2)25-29-23(24(30-25)21-9-4-6-16(3)28-21)18-8-5-7-17(12-18)19-10-11-20(27-14-19)13-22(26)31/h4-12,14-15H,13H2,1-3H3,(H2,26,31)(H,29,30). The molecule has 0 bridgehead atoms. The molecule has 4 rings (SSSR count). The number of nitrogens with one attached hydrogen (secondary N) is 1. The summed E-state index contributed by atoms with van der Waals surface area (Å²) in [6.45, 7) is 6.22. The first-order valence-corrected chi connectivity index (χ1v) is 10.3. The molecule has 0 atom stereocenters. The summed E-state index contributed by atoms with van der Waals surface area (Å²) in [7, 11) is 0.